The zero-order valence-corrected chi connectivity index (χ0v) is 14.3. The van der Waals surface area contributed by atoms with Crippen molar-refractivity contribution in [1.82, 2.24) is 10.2 Å². The number of thioether (sulfide) groups is 1. The molecule has 0 bridgehead atoms. The largest absolute Gasteiger partial charge is 0.511 e. The van der Waals surface area contributed by atoms with Crippen LogP contribution >= 0.6 is 23.1 Å². The van der Waals surface area contributed by atoms with E-state index < -0.39 is 11.8 Å². The standard InChI is InChI=1S/C14H13FN4O3S2/c1-7(20)11(8(2)21)23-14-19-18-13(24-14)17-12(22)16-10-5-3-9(15)4-6-10/h3-6,20H,1-2H3,(H2,16,17,18,22)/b11-7+. The summed E-state index contributed by atoms with van der Waals surface area (Å²) in [6.45, 7) is 2.73. The number of hydrogen-bond acceptors (Lipinski definition) is 7. The molecule has 7 nitrogen and oxygen atoms in total. The van der Waals surface area contributed by atoms with Crippen LogP contribution in [-0.4, -0.2) is 27.1 Å². The summed E-state index contributed by atoms with van der Waals surface area (Å²) in [6, 6.07) is 4.73. The normalized spacial score (nSPS) is 11.6. The van der Waals surface area contributed by atoms with Crippen LogP contribution in [0.2, 0.25) is 0 Å². The summed E-state index contributed by atoms with van der Waals surface area (Å²) in [5.74, 6) is -0.801. The van der Waals surface area contributed by atoms with Gasteiger partial charge in [0.15, 0.2) is 10.1 Å². The highest BCUT2D eigenvalue weighted by Crippen LogP contribution is 2.32. The van der Waals surface area contributed by atoms with Gasteiger partial charge >= 0.3 is 6.03 Å². The molecule has 0 aliphatic carbocycles. The first kappa shape index (κ1) is 17.9. The minimum Gasteiger partial charge on any atom is -0.511 e. The fourth-order valence-electron chi connectivity index (χ4n) is 1.58. The van der Waals surface area contributed by atoms with E-state index in [9.17, 15) is 19.1 Å². The number of nitrogens with one attached hydrogen (secondary N) is 2. The maximum atomic E-state index is 12.8. The molecule has 0 fully saturated rings. The number of urea groups is 1. The van der Waals surface area contributed by atoms with Crippen molar-refractivity contribution in [3.8, 4) is 0 Å². The van der Waals surface area contributed by atoms with Crippen molar-refractivity contribution in [2.45, 2.75) is 18.2 Å². The van der Waals surface area contributed by atoms with E-state index in [4.69, 9.17) is 0 Å². The van der Waals surface area contributed by atoms with E-state index in [1.165, 1.54) is 38.1 Å². The van der Waals surface area contributed by atoms with Crippen LogP contribution in [0.3, 0.4) is 0 Å². The first-order valence-corrected chi connectivity index (χ1v) is 8.24. The molecule has 0 atom stereocenters. The molecule has 0 saturated carbocycles. The second-order valence-corrected chi connectivity index (χ2v) is 6.77. The molecule has 24 heavy (non-hydrogen) atoms. The number of ketones is 1. The van der Waals surface area contributed by atoms with Gasteiger partial charge in [-0.15, -0.1) is 10.2 Å². The van der Waals surface area contributed by atoms with Crippen LogP contribution in [0.15, 0.2) is 39.3 Å². The van der Waals surface area contributed by atoms with Gasteiger partial charge in [-0.25, -0.2) is 9.18 Å². The first-order valence-electron chi connectivity index (χ1n) is 6.61. The van der Waals surface area contributed by atoms with Gasteiger partial charge in [-0.3, -0.25) is 10.1 Å². The number of aromatic nitrogens is 2. The number of aliphatic hydroxyl groups excluding tert-OH is 1. The SMILES string of the molecule is CC(=O)/C(Sc1nnc(NC(=O)Nc2ccc(F)cc2)s1)=C(/C)O. The lowest BCUT2D eigenvalue weighted by molar-refractivity contribution is -0.113. The van der Waals surface area contributed by atoms with Crippen LogP contribution < -0.4 is 10.6 Å². The highest BCUT2D eigenvalue weighted by molar-refractivity contribution is 8.05. The number of rotatable bonds is 5. The number of anilines is 2. The van der Waals surface area contributed by atoms with Gasteiger partial charge in [0.1, 0.15) is 11.6 Å². The Labute approximate surface area is 145 Å². The number of amides is 2. The molecule has 0 spiro atoms. The number of aliphatic hydroxyl groups is 1. The van der Waals surface area contributed by atoms with E-state index in [-0.39, 0.29) is 21.6 Å². The smallest absolute Gasteiger partial charge is 0.325 e. The number of hydrogen-bond donors (Lipinski definition) is 3. The summed E-state index contributed by atoms with van der Waals surface area (Å²) in [6.07, 6.45) is 0. The summed E-state index contributed by atoms with van der Waals surface area (Å²) in [5.41, 5.74) is 0.422. The summed E-state index contributed by atoms with van der Waals surface area (Å²) in [4.78, 5) is 23.4. The van der Waals surface area contributed by atoms with E-state index in [2.05, 4.69) is 20.8 Å². The highest BCUT2D eigenvalue weighted by Gasteiger charge is 2.15. The first-order chi connectivity index (χ1) is 11.3. The monoisotopic (exact) mass is 368 g/mol. The Bertz CT molecular complexity index is 786. The molecule has 2 amide bonds. The minimum atomic E-state index is -0.560. The Hall–Kier alpha value is -2.46. The zero-order chi connectivity index (χ0) is 17.7. The van der Waals surface area contributed by atoms with Gasteiger partial charge in [0, 0.05) is 5.69 Å². The van der Waals surface area contributed by atoms with Gasteiger partial charge in [-0.2, -0.15) is 0 Å². The van der Waals surface area contributed by atoms with Crippen molar-refractivity contribution in [1.29, 1.82) is 0 Å². The number of Topliss-reactive ketones (excluding diaryl/α,β-unsaturated/α-hetero) is 1. The molecule has 0 unspecified atom stereocenters. The number of carbonyl (C=O) groups is 2. The summed E-state index contributed by atoms with van der Waals surface area (Å²) < 4.78 is 13.2. The predicted octanol–water partition coefficient (Wildman–Crippen LogP) is 3.79. The second kappa shape index (κ2) is 7.88. The molecule has 0 aliphatic heterocycles. The van der Waals surface area contributed by atoms with E-state index >= 15 is 0 Å². The highest BCUT2D eigenvalue weighted by atomic mass is 32.2. The third-order valence-electron chi connectivity index (χ3n) is 2.57. The number of halogens is 1. The molecule has 1 aromatic carbocycles. The maximum absolute atomic E-state index is 12.8. The van der Waals surface area contributed by atoms with E-state index in [0.29, 0.717) is 10.0 Å². The average molecular weight is 368 g/mol. The molecule has 1 aromatic heterocycles. The molecule has 1 heterocycles. The third kappa shape index (κ3) is 5.03. The quantitative estimate of drug-likeness (QED) is 0.321. The van der Waals surface area contributed by atoms with Gasteiger partial charge in [-0.05, 0) is 49.9 Å². The Kier molecular flexibility index (Phi) is 5.88. The van der Waals surface area contributed by atoms with Gasteiger partial charge in [0.05, 0.1) is 4.91 Å². The Morgan fingerprint density at radius 2 is 1.83 bits per heavy atom. The van der Waals surface area contributed by atoms with Crippen molar-refractivity contribution in [2.24, 2.45) is 0 Å². The molecular formula is C14H13FN4O3S2. The lowest BCUT2D eigenvalue weighted by Gasteiger charge is -2.04. The zero-order valence-electron chi connectivity index (χ0n) is 12.7. The Morgan fingerprint density at radius 3 is 2.42 bits per heavy atom. The molecule has 3 N–H and O–H groups in total. The van der Waals surface area contributed by atoms with Crippen LogP contribution in [0.25, 0.3) is 0 Å². The molecular weight excluding hydrogens is 355 g/mol. The fraction of sp³-hybridized carbons (Fsp3) is 0.143. The van der Waals surface area contributed by atoms with Gasteiger partial charge in [-0.1, -0.05) is 11.3 Å². The van der Waals surface area contributed by atoms with Crippen LogP contribution in [0.5, 0.6) is 0 Å². The molecule has 0 aliphatic rings. The molecule has 10 heteroatoms. The van der Waals surface area contributed by atoms with Crippen molar-refractivity contribution >= 4 is 45.7 Å². The summed E-state index contributed by atoms with van der Waals surface area (Å²) in [5, 5.41) is 22.3. The number of carbonyl (C=O) groups excluding carboxylic acids is 2. The van der Waals surface area contributed by atoms with Gasteiger partial charge in [0.25, 0.3) is 0 Å². The van der Waals surface area contributed by atoms with E-state index in [1.54, 1.807) is 0 Å². The van der Waals surface area contributed by atoms with Crippen molar-refractivity contribution in [2.75, 3.05) is 10.6 Å². The number of nitrogens with zero attached hydrogens (tertiary/aromatic N) is 2. The van der Waals surface area contributed by atoms with Crippen LogP contribution in [0, 0.1) is 5.82 Å². The molecule has 2 rings (SSSR count). The average Bonchev–Trinajstić information content (AvgIpc) is 2.93. The lowest BCUT2D eigenvalue weighted by Crippen LogP contribution is -2.19. The van der Waals surface area contributed by atoms with Crippen molar-refractivity contribution in [3.63, 3.8) is 0 Å². The molecule has 0 saturated heterocycles. The number of benzene rings is 1. The second-order valence-electron chi connectivity index (χ2n) is 4.53. The van der Waals surface area contributed by atoms with Crippen LogP contribution in [-0.2, 0) is 4.79 Å². The maximum Gasteiger partial charge on any atom is 0.325 e. The molecule has 0 radical (unpaired) electrons. The fourth-order valence-corrected chi connectivity index (χ4v) is 3.26. The predicted molar refractivity (Wildman–Crippen MR) is 90.8 cm³/mol. The molecule has 2 aromatic rings. The Balaban J connectivity index is 1.98. The third-order valence-corrected chi connectivity index (χ3v) is 4.74. The number of allylic oxidation sites excluding steroid dienone is 2. The Morgan fingerprint density at radius 1 is 1.17 bits per heavy atom. The van der Waals surface area contributed by atoms with Crippen LogP contribution in [0.4, 0.5) is 20.0 Å². The van der Waals surface area contributed by atoms with Crippen molar-refractivity contribution in [3.05, 3.63) is 40.7 Å². The van der Waals surface area contributed by atoms with Gasteiger partial charge < -0.3 is 10.4 Å². The molecule has 126 valence electrons. The van der Waals surface area contributed by atoms with E-state index in [1.807, 2.05) is 0 Å². The van der Waals surface area contributed by atoms with E-state index in [0.717, 1.165) is 23.1 Å². The lowest BCUT2D eigenvalue weighted by atomic mass is 10.3. The summed E-state index contributed by atoms with van der Waals surface area (Å²) >= 11 is 2.02. The topological polar surface area (TPSA) is 104 Å². The van der Waals surface area contributed by atoms with Gasteiger partial charge in [0.2, 0.25) is 5.13 Å². The minimum absolute atomic E-state index is 0.105. The summed E-state index contributed by atoms with van der Waals surface area (Å²) in [7, 11) is 0. The van der Waals surface area contributed by atoms with Crippen LogP contribution in [0.1, 0.15) is 13.8 Å². The van der Waals surface area contributed by atoms with Crippen molar-refractivity contribution < 1.29 is 19.1 Å².